The third-order valence-electron chi connectivity index (χ3n) is 2.93. The van der Waals surface area contributed by atoms with E-state index in [4.69, 9.17) is 14.2 Å². The van der Waals surface area contributed by atoms with Crippen molar-refractivity contribution in [2.24, 2.45) is 0 Å². The lowest BCUT2D eigenvalue weighted by molar-refractivity contribution is 0.103. The molecule has 0 radical (unpaired) electrons. The van der Waals surface area contributed by atoms with E-state index in [0.29, 0.717) is 45.4 Å². The molecule has 6 heteroatoms. The van der Waals surface area contributed by atoms with E-state index in [1.165, 1.54) is 11.3 Å². The molecule has 2 heterocycles. The van der Waals surface area contributed by atoms with Crippen LogP contribution in [0.15, 0.2) is 28.1 Å². The maximum atomic E-state index is 12.6. The van der Waals surface area contributed by atoms with Crippen molar-refractivity contribution in [3.8, 4) is 17.2 Å². The lowest BCUT2D eigenvalue weighted by Gasteiger charge is -2.19. The van der Waals surface area contributed by atoms with Crippen LogP contribution in [-0.2, 0) is 0 Å². The van der Waals surface area contributed by atoms with Crippen molar-refractivity contribution >= 4 is 33.0 Å². The van der Waals surface area contributed by atoms with Gasteiger partial charge in [-0.15, -0.1) is 11.3 Å². The lowest BCUT2D eigenvalue weighted by atomic mass is 10.1. The van der Waals surface area contributed by atoms with Crippen LogP contribution in [0, 0.1) is 0 Å². The predicted octanol–water partition coefficient (Wildman–Crippen LogP) is 3.52. The van der Waals surface area contributed by atoms with Crippen LogP contribution in [0.5, 0.6) is 17.2 Å². The molecule has 0 bridgehead atoms. The van der Waals surface area contributed by atoms with Gasteiger partial charge in [0.1, 0.15) is 23.8 Å². The summed E-state index contributed by atoms with van der Waals surface area (Å²) >= 11 is 4.77. The van der Waals surface area contributed by atoms with Crippen LogP contribution in [0.2, 0.25) is 0 Å². The van der Waals surface area contributed by atoms with E-state index < -0.39 is 0 Å². The summed E-state index contributed by atoms with van der Waals surface area (Å²) in [5, 5.41) is 1.83. The average molecular weight is 355 g/mol. The Bertz CT molecular complexity index is 665. The number of carbonyl (C=O) groups excluding carboxylic acids is 1. The number of hydrogen-bond acceptors (Lipinski definition) is 5. The van der Waals surface area contributed by atoms with Crippen LogP contribution >= 0.6 is 27.3 Å². The van der Waals surface area contributed by atoms with E-state index in [-0.39, 0.29) is 5.78 Å². The SMILES string of the molecule is COc1ccsc1C(=O)c1cc2c(cc1Br)OCCO2. The Hall–Kier alpha value is -1.53. The molecule has 1 aliphatic heterocycles. The second-order valence-electron chi connectivity index (χ2n) is 4.12. The Labute approximate surface area is 128 Å². The first-order valence-electron chi connectivity index (χ1n) is 5.96. The van der Waals surface area contributed by atoms with Gasteiger partial charge in [0.25, 0.3) is 0 Å². The summed E-state index contributed by atoms with van der Waals surface area (Å²) in [6.07, 6.45) is 0. The van der Waals surface area contributed by atoms with E-state index in [1.54, 1.807) is 25.3 Å². The minimum atomic E-state index is -0.0966. The highest BCUT2D eigenvalue weighted by atomic mass is 79.9. The molecule has 0 fully saturated rings. The molecule has 0 saturated carbocycles. The highest BCUT2D eigenvalue weighted by Crippen LogP contribution is 2.38. The topological polar surface area (TPSA) is 44.8 Å². The zero-order valence-electron chi connectivity index (χ0n) is 10.6. The van der Waals surface area contributed by atoms with Crippen LogP contribution in [0.4, 0.5) is 0 Å². The molecule has 0 unspecified atom stereocenters. The second-order valence-corrected chi connectivity index (χ2v) is 5.89. The highest BCUT2D eigenvalue weighted by Gasteiger charge is 2.22. The Kier molecular flexibility index (Phi) is 3.67. The van der Waals surface area contributed by atoms with Crippen LogP contribution in [0.3, 0.4) is 0 Å². The monoisotopic (exact) mass is 354 g/mol. The number of ketones is 1. The van der Waals surface area contributed by atoms with E-state index >= 15 is 0 Å². The second kappa shape index (κ2) is 5.46. The fourth-order valence-electron chi connectivity index (χ4n) is 1.98. The van der Waals surface area contributed by atoms with Crippen molar-refractivity contribution in [1.82, 2.24) is 0 Å². The van der Waals surface area contributed by atoms with Gasteiger partial charge in [-0.2, -0.15) is 0 Å². The zero-order chi connectivity index (χ0) is 14.1. The first-order valence-corrected chi connectivity index (χ1v) is 7.63. The molecular weight excluding hydrogens is 344 g/mol. The van der Waals surface area contributed by atoms with Crippen LogP contribution in [0.25, 0.3) is 0 Å². The number of rotatable bonds is 3. The Balaban J connectivity index is 2.03. The molecule has 1 aliphatic rings. The maximum Gasteiger partial charge on any atom is 0.208 e. The molecule has 0 saturated heterocycles. The summed E-state index contributed by atoms with van der Waals surface area (Å²) in [5.74, 6) is 1.73. The van der Waals surface area contributed by atoms with Crippen molar-refractivity contribution in [1.29, 1.82) is 0 Å². The van der Waals surface area contributed by atoms with Gasteiger partial charge in [-0.1, -0.05) is 0 Å². The first-order chi connectivity index (χ1) is 9.70. The van der Waals surface area contributed by atoms with Gasteiger partial charge in [0.15, 0.2) is 11.5 Å². The summed E-state index contributed by atoms with van der Waals surface area (Å²) in [7, 11) is 1.55. The minimum absolute atomic E-state index is 0.0966. The van der Waals surface area contributed by atoms with Gasteiger partial charge in [0, 0.05) is 10.0 Å². The molecule has 3 rings (SSSR count). The van der Waals surface area contributed by atoms with Crippen molar-refractivity contribution in [3.63, 3.8) is 0 Å². The average Bonchev–Trinajstić information content (AvgIpc) is 2.94. The Morgan fingerprint density at radius 2 is 2.00 bits per heavy atom. The molecule has 1 aromatic heterocycles. The number of carbonyl (C=O) groups is 1. The van der Waals surface area contributed by atoms with E-state index in [1.807, 2.05) is 5.38 Å². The lowest BCUT2D eigenvalue weighted by Crippen LogP contribution is -2.16. The van der Waals surface area contributed by atoms with Gasteiger partial charge in [-0.3, -0.25) is 4.79 Å². The van der Waals surface area contributed by atoms with Crippen molar-refractivity contribution in [2.75, 3.05) is 20.3 Å². The number of fused-ring (bicyclic) bond motifs is 1. The Morgan fingerprint density at radius 1 is 1.30 bits per heavy atom. The number of methoxy groups -OCH3 is 1. The molecule has 20 heavy (non-hydrogen) atoms. The fraction of sp³-hybridized carbons (Fsp3) is 0.214. The highest BCUT2D eigenvalue weighted by molar-refractivity contribution is 9.10. The van der Waals surface area contributed by atoms with Gasteiger partial charge >= 0.3 is 0 Å². The zero-order valence-corrected chi connectivity index (χ0v) is 13.0. The largest absolute Gasteiger partial charge is 0.495 e. The summed E-state index contributed by atoms with van der Waals surface area (Å²) in [4.78, 5) is 13.2. The van der Waals surface area contributed by atoms with Crippen LogP contribution < -0.4 is 14.2 Å². The van der Waals surface area contributed by atoms with E-state index in [9.17, 15) is 4.79 Å². The van der Waals surface area contributed by atoms with Crippen molar-refractivity contribution in [3.05, 3.63) is 38.5 Å². The molecule has 0 aliphatic carbocycles. The number of thiophene rings is 1. The van der Waals surface area contributed by atoms with E-state index in [2.05, 4.69) is 15.9 Å². The normalized spacial score (nSPS) is 13.1. The third-order valence-corrected chi connectivity index (χ3v) is 4.48. The molecular formula is C14H11BrO4S. The molecule has 0 amide bonds. The standard InChI is InChI=1S/C14H11BrO4S/c1-17-10-2-5-20-14(10)13(16)8-6-11-12(7-9(8)15)19-4-3-18-11/h2,5-7H,3-4H2,1H3. The van der Waals surface area contributed by atoms with Gasteiger partial charge in [-0.05, 0) is 39.5 Å². The predicted molar refractivity (Wildman–Crippen MR) is 79.4 cm³/mol. The van der Waals surface area contributed by atoms with Crippen molar-refractivity contribution < 1.29 is 19.0 Å². The van der Waals surface area contributed by atoms with Gasteiger partial charge < -0.3 is 14.2 Å². The van der Waals surface area contributed by atoms with Gasteiger partial charge in [0.2, 0.25) is 5.78 Å². The van der Waals surface area contributed by atoms with Gasteiger partial charge in [0.05, 0.1) is 7.11 Å². The summed E-state index contributed by atoms with van der Waals surface area (Å²) in [5.41, 5.74) is 0.537. The summed E-state index contributed by atoms with van der Waals surface area (Å²) in [6, 6.07) is 5.26. The molecule has 4 nitrogen and oxygen atoms in total. The number of benzene rings is 1. The molecule has 0 atom stereocenters. The number of ether oxygens (including phenoxy) is 3. The third kappa shape index (κ3) is 2.29. The fourth-order valence-corrected chi connectivity index (χ4v) is 3.30. The minimum Gasteiger partial charge on any atom is -0.495 e. The first kappa shape index (κ1) is 13.5. The number of halogens is 1. The Morgan fingerprint density at radius 3 is 2.70 bits per heavy atom. The molecule has 104 valence electrons. The van der Waals surface area contributed by atoms with Crippen molar-refractivity contribution in [2.45, 2.75) is 0 Å². The number of hydrogen-bond donors (Lipinski definition) is 0. The maximum absolute atomic E-state index is 12.6. The van der Waals surface area contributed by atoms with E-state index in [0.717, 1.165) is 0 Å². The summed E-state index contributed by atoms with van der Waals surface area (Å²) in [6.45, 7) is 1.01. The summed E-state index contributed by atoms with van der Waals surface area (Å²) < 4.78 is 16.9. The molecule has 1 aromatic carbocycles. The molecule has 0 spiro atoms. The van der Waals surface area contributed by atoms with Crippen LogP contribution in [-0.4, -0.2) is 26.1 Å². The smallest absolute Gasteiger partial charge is 0.208 e. The molecule has 0 N–H and O–H groups in total. The van der Waals surface area contributed by atoms with Crippen LogP contribution in [0.1, 0.15) is 15.2 Å². The quantitative estimate of drug-likeness (QED) is 0.791. The molecule has 2 aromatic rings. The van der Waals surface area contributed by atoms with Gasteiger partial charge in [-0.25, -0.2) is 0 Å².